The summed E-state index contributed by atoms with van der Waals surface area (Å²) in [6.45, 7) is 4.39. The van der Waals surface area contributed by atoms with E-state index in [1.54, 1.807) is 13.8 Å². The van der Waals surface area contributed by atoms with Gasteiger partial charge >= 0.3 is 12.1 Å². The van der Waals surface area contributed by atoms with Crippen LogP contribution in [0.3, 0.4) is 0 Å². The first kappa shape index (κ1) is 28.8. The van der Waals surface area contributed by atoms with Crippen molar-refractivity contribution in [3.63, 3.8) is 0 Å². The summed E-state index contributed by atoms with van der Waals surface area (Å²) in [5.74, 6) is -2.81. The molecule has 1 unspecified atom stereocenters. The fourth-order valence-electron chi connectivity index (χ4n) is 3.35. The van der Waals surface area contributed by atoms with Gasteiger partial charge in [0.1, 0.15) is 22.8 Å². The maximum absolute atomic E-state index is 13.0. The number of allylic oxidation sites excluding steroid dienone is 2. The Morgan fingerprint density at radius 1 is 1.29 bits per heavy atom. The van der Waals surface area contributed by atoms with E-state index < -0.39 is 59.9 Å². The summed E-state index contributed by atoms with van der Waals surface area (Å²) in [7, 11) is 0. The average molecular weight is 576 g/mol. The zero-order valence-corrected chi connectivity index (χ0v) is 21.8. The fourth-order valence-corrected chi connectivity index (χ4v) is 5.22. The molecule has 0 aromatic carbocycles. The molecule has 1 aromatic rings. The summed E-state index contributed by atoms with van der Waals surface area (Å²) < 4.78 is 40.4. The van der Waals surface area contributed by atoms with Crippen molar-refractivity contribution in [3.05, 3.63) is 34.5 Å². The van der Waals surface area contributed by atoms with Crippen LogP contribution in [0, 0.1) is 0 Å². The number of nitrogen functional groups attached to an aromatic ring is 1. The van der Waals surface area contributed by atoms with Crippen LogP contribution in [0.25, 0.3) is 0 Å². The number of oxime groups is 1. The Bertz CT molecular complexity index is 1200. The number of rotatable bonds is 9. The van der Waals surface area contributed by atoms with Crippen molar-refractivity contribution >= 4 is 57.9 Å². The summed E-state index contributed by atoms with van der Waals surface area (Å²) in [5, 5.41) is 15.3. The lowest BCUT2D eigenvalue weighted by Gasteiger charge is -2.49. The van der Waals surface area contributed by atoms with Crippen molar-refractivity contribution in [2.45, 2.75) is 51.0 Å². The summed E-state index contributed by atoms with van der Waals surface area (Å²) in [5.41, 5.74) is 4.75. The van der Waals surface area contributed by atoms with Gasteiger partial charge in [-0.1, -0.05) is 11.2 Å². The van der Waals surface area contributed by atoms with Crippen LogP contribution in [-0.2, 0) is 28.6 Å². The Morgan fingerprint density at radius 2 is 2.00 bits per heavy atom. The quantitative estimate of drug-likeness (QED) is 0.0975. The third kappa shape index (κ3) is 6.58. The SMILES string of the molecule is CC(C)OC(=O)OC(C)OC(=O)C1=C(/C=C/C(F)F)CS[C@@H]2[C@H](NC(=O)/C(=N\O)c3csc(N)n3)C(=O)N12. The summed E-state index contributed by atoms with van der Waals surface area (Å²) in [4.78, 5) is 55.2. The van der Waals surface area contributed by atoms with Gasteiger partial charge in [-0.2, -0.15) is 0 Å². The number of hydrogen-bond donors (Lipinski definition) is 3. The Hall–Kier alpha value is -3.73. The predicted octanol–water partition coefficient (Wildman–Crippen LogP) is 1.83. The molecule has 4 N–H and O–H groups in total. The van der Waals surface area contributed by atoms with Gasteiger partial charge < -0.3 is 30.5 Å². The standard InChI is InChI=1S/C21H23F2N5O8S2/c1-8(2)34-21(32)36-9(3)35-19(31)15-10(4-5-12(22)23)6-37-18-14(17(30)28(15)18)26-16(29)13(27-33)11-7-38-20(24)25-11/h4-5,7-9,12,14,18,33H,6H2,1-3H3,(H2,24,25)(H,26,29)/b5-4+,27-13-/t9?,14-,18-/m1/s1. The minimum atomic E-state index is -2.83. The van der Waals surface area contributed by atoms with E-state index in [-0.39, 0.29) is 27.8 Å². The Labute approximate surface area is 222 Å². The minimum absolute atomic E-state index is 0.00264. The molecule has 1 aromatic heterocycles. The largest absolute Gasteiger partial charge is 0.511 e. The molecule has 3 rings (SSSR count). The number of alkyl halides is 2. The number of esters is 1. The molecule has 2 amide bonds. The molecular weight excluding hydrogens is 552 g/mol. The second-order valence-corrected chi connectivity index (χ2v) is 9.95. The molecule has 2 aliphatic heterocycles. The van der Waals surface area contributed by atoms with Gasteiger partial charge in [-0.15, -0.1) is 23.1 Å². The number of thioether (sulfide) groups is 1. The van der Waals surface area contributed by atoms with Gasteiger partial charge in [-0.25, -0.2) is 23.4 Å². The van der Waals surface area contributed by atoms with E-state index in [9.17, 15) is 33.2 Å². The van der Waals surface area contributed by atoms with E-state index in [1.165, 1.54) is 12.3 Å². The highest BCUT2D eigenvalue weighted by Gasteiger charge is 2.54. The van der Waals surface area contributed by atoms with Crippen LogP contribution in [-0.4, -0.2) is 80.7 Å². The first-order valence-corrected chi connectivity index (χ1v) is 12.8. The highest BCUT2D eigenvalue weighted by molar-refractivity contribution is 8.00. The number of ether oxygens (including phenoxy) is 3. The molecule has 3 atom stereocenters. The van der Waals surface area contributed by atoms with E-state index in [0.717, 1.165) is 34.1 Å². The van der Waals surface area contributed by atoms with Gasteiger partial charge in [-0.3, -0.25) is 14.5 Å². The minimum Gasteiger partial charge on any atom is -0.431 e. The van der Waals surface area contributed by atoms with E-state index in [1.807, 2.05) is 0 Å². The molecule has 0 saturated carbocycles. The average Bonchev–Trinajstić information content (AvgIpc) is 3.25. The lowest BCUT2D eigenvalue weighted by Crippen LogP contribution is -2.71. The molecule has 38 heavy (non-hydrogen) atoms. The highest BCUT2D eigenvalue weighted by Crippen LogP contribution is 2.41. The van der Waals surface area contributed by atoms with Crippen LogP contribution in [0.5, 0.6) is 0 Å². The Morgan fingerprint density at radius 3 is 2.58 bits per heavy atom. The van der Waals surface area contributed by atoms with Crippen LogP contribution in [0.4, 0.5) is 18.7 Å². The van der Waals surface area contributed by atoms with E-state index in [4.69, 9.17) is 19.9 Å². The normalized spacial score (nSPS) is 20.3. The summed E-state index contributed by atoms with van der Waals surface area (Å²) in [6, 6.07) is -1.15. The van der Waals surface area contributed by atoms with Crippen LogP contribution in [0.1, 0.15) is 26.5 Å². The number of β-lactam (4-membered cyclic amide) rings is 1. The Kier molecular flexibility index (Phi) is 9.26. The number of nitrogens with one attached hydrogen (secondary N) is 1. The third-order valence-corrected chi connectivity index (χ3v) is 6.84. The molecular formula is C21H23F2N5O8S2. The second kappa shape index (κ2) is 12.2. The molecule has 0 bridgehead atoms. The number of hydrogen-bond acceptors (Lipinski definition) is 13. The number of nitrogens with two attached hydrogens (primary N) is 1. The van der Waals surface area contributed by atoms with E-state index >= 15 is 0 Å². The predicted molar refractivity (Wildman–Crippen MR) is 130 cm³/mol. The number of nitrogens with zero attached hydrogens (tertiary/aromatic N) is 3. The van der Waals surface area contributed by atoms with Crippen molar-refractivity contribution in [1.29, 1.82) is 0 Å². The van der Waals surface area contributed by atoms with E-state index in [0.29, 0.717) is 6.08 Å². The number of carbonyl (C=O) groups is 4. The first-order chi connectivity index (χ1) is 17.9. The van der Waals surface area contributed by atoms with E-state index in [2.05, 4.69) is 15.5 Å². The monoisotopic (exact) mass is 575 g/mol. The summed E-state index contributed by atoms with van der Waals surface area (Å²) >= 11 is 2.09. The van der Waals surface area contributed by atoms with Crippen molar-refractivity contribution in [2.24, 2.45) is 5.16 Å². The summed E-state index contributed by atoms with van der Waals surface area (Å²) in [6.07, 6.45) is -4.33. The number of amides is 2. The van der Waals surface area contributed by atoms with Gasteiger partial charge in [-0.05, 0) is 25.5 Å². The maximum Gasteiger partial charge on any atom is 0.511 e. The van der Waals surface area contributed by atoms with Gasteiger partial charge in [0.2, 0.25) is 6.29 Å². The second-order valence-electron chi connectivity index (χ2n) is 7.96. The van der Waals surface area contributed by atoms with Gasteiger partial charge in [0.25, 0.3) is 18.2 Å². The van der Waals surface area contributed by atoms with Crippen molar-refractivity contribution < 1.29 is 47.4 Å². The lowest BCUT2D eigenvalue weighted by atomic mass is 10.0. The highest BCUT2D eigenvalue weighted by atomic mass is 32.2. The van der Waals surface area contributed by atoms with Crippen molar-refractivity contribution in [1.82, 2.24) is 15.2 Å². The molecule has 2 aliphatic rings. The van der Waals surface area contributed by atoms with Crippen LogP contribution >= 0.6 is 23.1 Å². The molecule has 13 nitrogen and oxygen atoms in total. The van der Waals surface area contributed by atoms with Crippen LogP contribution < -0.4 is 11.1 Å². The molecule has 3 heterocycles. The fraction of sp³-hybridized carbons (Fsp3) is 0.429. The van der Waals surface area contributed by atoms with Crippen LogP contribution in [0.15, 0.2) is 34.0 Å². The number of anilines is 1. The first-order valence-electron chi connectivity index (χ1n) is 10.9. The molecule has 206 valence electrons. The maximum atomic E-state index is 13.0. The number of halogens is 2. The molecule has 17 heteroatoms. The van der Waals surface area contributed by atoms with Crippen LogP contribution in [0.2, 0.25) is 0 Å². The smallest absolute Gasteiger partial charge is 0.431 e. The molecule has 0 radical (unpaired) electrons. The Balaban J connectivity index is 1.78. The zero-order chi connectivity index (χ0) is 28.1. The van der Waals surface area contributed by atoms with Gasteiger partial charge in [0, 0.05) is 18.1 Å². The zero-order valence-electron chi connectivity index (χ0n) is 20.1. The number of fused-ring (bicyclic) bond motifs is 1. The molecule has 1 saturated heterocycles. The number of thiazole rings is 1. The third-order valence-electron chi connectivity index (χ3n) is 4.87. The number of carbonyl (C=O) groups excluding carboxylic acids is 4. The topological polar surface area (TPSA) is 183 Å². The number of aromatic nitrogens is 1. The lowest BCUT2D eigenvalue weighted by molar-refractivity contribution is -0.169. The van der Waals surface area contributed by atoms with Gasteiger partial charge in [0.15, 0.2) is 10.8 Å². The molecule has 1 fully saturated rings. The van der Waals surface area contributed by atoms with Crippen molar-refractivity contribution in [2.75, 3.05) is 11.5 Å². The molecule has 0 spiro atoms. The molecule has 0 aliphatic carbocycles. The van der Waals surface area contributed by atoms with Crippen molar-refractivity contribution in [3.8, 4) is 0 Å². The van der Waals surface area contributed by atoms with Gasteiger partial charge in [0.05, 0.1) is 6.10 Å².